The Kier molecular flexibility index (Phi) is 3.64. The van der Waals surface area contributed by atoms with Gasteiger partial charge in [0.1, 0.15) is 5.75 Å². The number of anilines is 1. The van der Waals surface area contributed by atoms with Crippen LogP contribution in [0.1, 0.15) is 25.3 Å². The van der Waals surface area contributed by atoms with Crippen LogP contribution < -0.4 is 15.8 Å². The molecule has 0 heterocycles. The summed E-state index contributed by atoms with van der Waals surface area (Å²) < 4.78 is 6.25. The Hall–Kier alpha value is -1.07. The third-order valence-electron chi connectivity index (χ3n) is 3.16. The molecule has 0 radical (unpaired) electrons. The first kappa shape index (κ1) is 13.4. The van der Waals surface area contributed by atoms with Crippen LogP contribution in [0, 0.1) is 0 Å². The molecule has 4 nitrogen and oxygen atoms in total. The number of hydrogen-bond acceptors (Lipinski definition) is 3. The van der Waals surface area contributed by atoms with E-state index in [-0.39, 0.29) is 11.4 Å². The Bertz CT molecular complexity index is 484. The third kappa shape index (κ3) is 2.84. The minimum Gasteiger partial charge on any atom is -0.495 e. The summed E-state index contributed by atoms with van der Waals surface area (Å²) in [7, 11) is 1.59. The number of methoxy groups -OCH3 is 1. The van der Waals surface area contributed by atoms with E-state index < -0.39 is 0 Å². The van der Waals surface area contributed by atoms with Crippen molar-refractivity contribution < 1.29 is 9.53 Å². The van der Waals surface area contributed by atoms with Crippen LogP contribution in [0.3, 0.4) is 0 Å². The molecule has 1 amide bonds. The van der Waals surface area contributed by atoms with Gasteiger partial charge in [-0.1, -0.05) is 15.9 Å². The quantitative estimate of drug-likeness (QED) is 0.897. The van der Waals surface area contributed by atoms with Gasteiger partial charge in [-0.2, -0.15) is 0 Å². The average molecular weight is 313 g/mol. The van der Waals surface area contributed by atoms with E-state index in [1.165, 1.54) is 6.92 Å². The Morgan fingerprint density at radius 2 is 2.22 bits per heavy atom. The molecule has 0 aromatic heterocycles. The molecule has 1 aliphatic rings. The molecule has 1 saturated carbocycles. The molecule has 5 heteroatoms. The van der Waals surface area contributed by atoms with Crippen molar-refractivity contribution in [2.24, 2.45) is 5.73 Å². The summed E-state index contributed by atoms with van der Waals surface area (Å²) in [6.07, 6.45) is 2.78. The molecule has 0 atom stereocenters. The van der Waals surface area contributed by atoms with Gasteiger partial charge in [0.05, 0.1) is 12.8 Å². The van der Waals surface area contributed by atoms with E-state index in [0.29, 0.717) is 5.75 Å². The number of carbonyl (C=O) groups excluding carboxylic acids is 1. The van der Waals surface area contributed by atoms with Gasteiger partial charge in [0.15, 0.2) is 0 Å². The Labute approximate surface area is 115 Å². The smallest absolute Gasteiger partial charge is 0.221 e. The van der Waals surface area contributed by atoms with E-state index >= 15 is 0 Å². The second kappa shape index (κ2) is 4.90. The van der Waals surface area contributed by atoms with Crippen LogP contribution in [-0.4, -0.2) is 18.6 Å². The van der Waals surface area contributed by atoms with Crippen molar-refractivity contribution in [1.82, 2.24) is 0 Å². The van der Waals surface area contributed by atoms with Gasteiger partial charge in [-0.15, -0.1) is 0 Å². The highest BCUT2D eigenvalue weighted by molar-refractivity contribution is 9.10. The monoisotopic (exact) mass is 312 g/mol. The number of carbonyl (C=O) groups is 1. The van der Waals surface area contributed by atoms with Crippen LogP contribution in [0.2, 0.25) is 0 Å². The largest absolute Gasteiger partial charge is 0.495 e. The predicted octanol–water partition coefficient (Wildman–Crippen LogP) is 2.45. The fourth-order valence-electron chi connectivity index (χ4n) is 1.95. The number of hydrogen-bond donors (Lipinski definition) is 2. The van der Waals surface area contributed by atoms with Gasteiger partial charge in [0.2, 0.25) is 5.91 Å². The molecule has 0 spiro atoms. The molecule has 0 bridgehead atoms. The zero-order valence-corrected chi connectivity index (χ0v) is 12.1. The van der Waals surface area contributed by atoms with Crippen LogP contribution in [0.4, 0.5) is 5.69 Å². The molecule has 0 saturated heterocycles. The zero-order chi connectivity index (χ0) is 13.3. The van der Waals surface area contributed by atoms with E-state index in [1.54, 1.807) is 7.11 Å². The molecular formula is C13H17BrN2O2. The molecule has 18 heavy (non-hydrogen) atoms. The van der Waals surface area contributed by atoms with Crippen molar-refractivity contribution in [2.75, 3.05) is 12.4 Å². The number of ether oxygens (including phenoxy) is 1. The number of nitrogens with one attached hydrogen (secondary N) is 1. The summed E-state index contributed by atoms with van der Waals surface area (Å²) in [4.78, 5) is 11.3. The number of amides is 1. The van der Waals surface area contributed by atoms with Crippen molar-refractivity contribution in [1.29, 1.82) is 0 Å². The van der Waals surface area contributed by atoms with Crippen molar-refractivity contribution in [2.45, 2.75) is 31.7 Å². The second-order valence-electron chi connectivity index (χ2n) is 4.82. The van der Waals surface area contributed by atoms with Crippen molar-refractivity contribution in [3.8, 4) is 5.75 Å². The first-order chi connectivity index (χ1) is 8.45. The fraction of sp³-hybridized carbons (Fsp3) is 0.462. The second-order valence-corrected chi connectivity index (χ2v) is 5.68. The van der Waals surface area contributed by atoms with Gasteiger partial charge in [0, 0.05) is 16.9 Å². The molecule has 98 valence electrons. The Balaban J connectivity index is 2.42. The van der Waals surface area contributed by atoms with Crippen LogP contribution in [0.5, 0.6) is 5.75 Å². The Morgan fingerprint density at radius 1 is 1.56 bits per heavy atom. The minimum atomic E-state index is -0.123. The maximum absolute atomic E-state index is 11.3. The number of nitrogens with two attached hydrogens (primary N) is 1. The zero-order valence-electron chi connectivity index (χ0n) is 10.5. The lowest BCUT2D eigenvalue weighted by Gasteiger charge is -2.18. The van der Waals surface area contributed by atoms with E-state index in [1.807, 2.05) is 12.1 Å². The molecule has 1 aliphatic carbocycles. The van der Waals surface area contributed by atoms with E-state index in [9.17, 15) is 4.79 Å². The van der Waals surface area contributed by atoms with Crippen LogP contribution in [-0.2, 0) is 11.2 Å². The SMILES string of the molecule is COc1ccc(Br)c(CC2(N)CC2)c1NC(C)=O. The lowest BCUT2D eigenvalue weighted by molar-refractivity contribution is -0.114. The van der Waals surface area contributed by atoms with Gasteiger partial charge in [0.25, 0.3) is 0 Å². The van der Waals surface area contributed by atoms with E-state index in [2.05, 4.69) is 21.2 Å². The molecule has 1 aromatic rings. The van der Waals surface area contributed by atoms with E-state index in [0.717, 1.165) is 35.0 Å². The van der Waals surface area contributed by atoms with Crippen molar-refractivity contribution in [3.63, 3.8) is 0 Å². The maximum atomic E-state index is 11.3. The maximum Gasteiger partial charge on any atom is 0.221 e. The molecular weight excluding hydrogens is 296 g/mol. The lowest BCUT2D eigenvalue weighted by atomic mass is 10.0. The minimum absolute atomic E-state index is 0.116. The lowest BCUT2D eigenvalue weighted by Crippen LogP contribution is -2.25. The highest BCUT2D eigenvalue weighted by Crippen LogP contribution is 2.42. The molecule has 0 unspecified atom stereocenters. The van der Waals surface area contributed by atoms with Crippen molar-refractivity contribution in [3.05, 3.63) is 22.2 Å². The van der Waals surface area contributed by atoms with Gasteiger partial charge in [-0.05, 0) is 37.0 Å². The van der Waals surface area contributed by atoms with Gasteiger partial charge < -0.3 is 15.8 Å². The van der Waals surface area contributed by atoms with Crippen LogP contribution in [0.15, 0.2) is 16.6 Å². The number of benzene rings is 1. The average Bonchev–Trinajstić information content (AvgIpc) is 3.02. The molecule has 0 aliphatic heterocycles. The summed E-state index contributed by atoms with van der Waals surface area (Å²) in [5.41, 5.74) is 7.76. The third-order valence-corrected chi connectivity index (χ3v) is 3.90. The fourth-order valence-corrected chi connectivity index (χ4v) is 2.42. The van der Waals surface area contributed by atoms with Crippen LogP contribution >= 0.6 is 15.9 Å². The van der Waals surface area contributed by atoms with Gasteiger partial charge >= 0.3 is 0 Å². The normalized spacial score (nSPS) is 16.2. The van der Waals surface area contributed by atoms with Crippen LogP contribution in [0.25, 0.3) is 0 Å². The van der Waals surface area contributed by atoms with Gasteiger partial charge in [-0.25, -0.2) is 0 Å². The van der Waals surface area contributed by atoms with Crippen molar-refractivity contribution >= 4 is 27.5 Å². The molecule has 3 N–H and O–H groups in total. The summed E-state index contributed by atoms with van der Waals surface area (Å²) in [6, 6.07) is 3.75. The summed E-state index contributed by atoms with van der Waals surface area (Å²) in [6.45, 7) is 1.49. The Morgan fingerprint density at radius 3 is 2.72 bits per heavy atom. The van der Waals surface area contributed by atoms with Gasteiger partial charge in [-0.3, -0.25) is 4.79 Å². The summed E-state index contributed by atoms with van der Waals surface area (Å²) >= 11 is 3.52. The predicted molar refractivity (Wildman–Crippen MR) is 74.9 cm³/mol. The summed E-state index contributed by atoms with van der Waals surface area (Å²) in [5, 5.41) is 2.83. The number of halogens is 1. The molecule has 1 fully saturated rings. The standard InChI is InChI=1S/C13H17BrN2O2/c1-8(17)16-12-9(7-13(15)5-6-13)10(14)3-4-11(12)18-2/h3-4H,5-7,15H2,1-2H3,(H,16,17). The van der Waals surface area contributed by atoms with E-state index in [4.69, 9.17) is 10.5 Å². The first-order valence-corrected chi connectivity index (χ1v) is 6.66. The highest BCUT2D eigenvalue weighted by atomic mass is 79.9. The molecule has 2 rings (SSSR count). The summed E-state index contributed by atoms with van der Waals surface area (Å²) in [5.74, 6) is 0.544. The first-order valence-electron chi connectivity index (χ1n) is 5.87. The highest BCUT2D eigenvalue weighted by Gasteiger charge is 2.39. The molecule has 1 aromatic carbocycles. The number of rotatable bonds is 4. The topological polar surface area (TPSA) is 64.3 Å².